The lowest BCUT2D eigenvalue weighted by Crippen LogP contribution is -2.42. The highest BCUT2D eigenvalue weighted by Gasteiger charge is 2.26. The van der Waals surface area contributed by atoms with Gasteiger partial charge in [-0.25, -0.2) is 17.5 Å². The number of halogens is 1. The molecule has 1 amide bonds. The maximum atomic E-state index is 12.7. The van der Waals surface area contributed by atoms with Crippen LogP contribution in [0.25, 0.3) is 0 Å². The zero-order valence-corrected chi connectivity index (χ0v) is 13.1. The highest BCUT2D eigenvalue weighted by Crippen LogP contribution is 2.21. The molecule has 2 N–H and O–H groups in total. The Bertz CT molecular complexity index is 648. The first kappa shape index (κ1) is 16.9. The van der Waals surface area contributed by atoms with Crippen LogP contribution >= 0.6 is 0 Å². The van der Waals surface area contributed by atoms with E-state index in [2.05, 4.69) is 10.0 Å². The fourth-order valence-corrected chi connectivity index (χ4v) is 3.39. The lowest BCUT2D eigenvalue weighted by molar-refractivity contribution is 0.0917. The van der Waals surface area contributed by atoms with Crippen LogP contribution in [0.15, 0.2) is 23.1 Å². The first-order chi connectivity index (χ1) is 10.5. The molecule has 6 nitrogen and oxygen atoms in total. The van der Waals surface area contributed by atoms with Crippen LogP contribution in [0.5, 0.6) is 0 Å². The molecule has 2 rings (SSSR count). The lowest BCUT2D eigenvalue weighted by atomic mass is 9.96. The van der Waals surface area contributed by atoms with E-state index in [4.69, 9.17) is 4.74 Å². The van der Waals surface area contributed by atoms with Crippen molar-refractivity contribution in [2.45, 2.75) is 23.8 Å². The van der Waals surface area contributed by atoms with Crippen molar-refractivity contribution in [1.82, 2.24) is 10.0 Å². The molecule has 0 aliphatic carbocycles. The number of ether oxygens (including phenoxy) is 1. The first-order valence-corrected chi connectivity index (χ1v) is 8.44. The van der Waals surface area contributed by atoms with Gasteiger partial charge in [-0.1, -0.05) is 6.07 Å². The molecule has 1 aliphatic rings. The van der Waals surface area contributed by atoms with Crippen molar-refractivity contribution < 1.29 is 22.3 Å². The van der Waals surface area contributed by atoms with Gasteiger partial charge in [-0.05, 0) is 30.5 Å². The van der Waals surface area contributed by atoms with Crippen molar-refractivity contribution >= 4 is 15.9 Å². The molecule has 0 fully saturated rings. The zero-order valence-electron chi connectivity index (χ0n) is 12.3. The Hall–Kier alpha value is -1.51. The third-order valence-electron chi connectivity index (χ3n) is 3.44. The predicted octanol–water partition coefficient (Wildman–Crippen LogP) is 0.625. The van der Waals surface area contributed by atoms with Gasteiger partial charge in [0.2, 0.25) is 10.0 Å². The number of carbonyl (C=O) groups is 1. The second-order valence-electron chi connectivity index (χ2n) is 5.09. The third kappa shape index (κ3) is 3.82. The second kappa shape index (κ2) is 7.17. The summed E-state index contributed by atoms with van der Waals surface area (Å²) in [6.45, 7) is 0.0649. The maximum absolute atomic E-state index is 12.7. The number of amides is 1. The predicted molar refractivity (Wildman–Crippen MR) is 79.1 cm³/mol. The Morgan fingerprint density at radius 3 is 2.91 bits per heavy atom. The van der Waals surface area contributed by atoms with E-state index in [0.717, 1.165) is 0 Å². The van der Waals surface area contributed by atoms with Gasteiger partial charge >= 0.3 is 0 Å². The number of fused-ring (bicyclic) bond motifs is 1. The van der Waals surface area contributed by atoms with Crippen molar-refractivity contribution in [3.05, 3.63) is 29.3 Å². The summed E-state index contributed by atoms with van der Waals surface area (Å²) in [4.78, 5) is 11.9. The van der Waals surface area contributed by atoms with E-state index >= 15 is 0 Å². The Labute approximate surface area is 129 Å². The minimum absolute atomic E-state index is 0.0255. The van der Waals surface area contributed by atoms with Crippen LogP contribution in [0.4, 0.5) is 4.39 Å². The third-order valence-corrected chi connectivity index (χ3v) is 4.90. The van der Waals surface area contributed by atoms with Crippen LogP contribution in [0.1, 0.15) is 22.3 Å². The molecule has 0 bridgehead atoms. The zero-order chi connectivity index (χ0) is 16.2. The fraction of sp³-hybridized carbons (Fsp3) is 0.500. The summed E-state index contributed by atoms with van der Waals surface area (Å²) in [5, 5.41) is 2.52. The molecule has 8 heteroatoms. The van der Waals surface area contributed by atoms with E-state index in [1.807, 2.05) is 0 Å². The van der Waals surface area contributed by atoms with Gasteiger partial charge in [0, 0.05) is 25.8 Å². The number of carbonyl (C=O) groups excluding carboxylic acids is 1. The standard InChI is InChI=1S/C14H19FN2O4S/c1-21-6-2-5-16-22(19,20)12-4-3-10-7-11(9-15)17-14(18)13(10)8-12/h3-4,8,11,16H,2,5-7,9H2,1H3,(H,17,18). The molecule has 0 saturated heterocycles. The van der Waals surface area contributed by atoms with Crippen LogP contribution in [-0.2, 0) is 21.2 Å². The molecule has 0 spiro atoms. The molecule has 1 heterocycles. The minimum Gasteiger partial charge on any atom is -0.385 e. The molecule has 22 heavy (non-hydrogen) atoms. The second-order valence-corrected chi connectivity index (χ2v) is 6.86. The van der Waals surface area contributed by atoms with Crippen molar-refractivity contribution in [3.63, 3.8) is 0 Å². The van der Waals surface area contributed by atoms with E-state index in [0.29, 0.717) is 25.0 Å². The van der Waals surface area contributed by atoms with Crippen LogP contribution in [0.2, 0.25) is 0 Å². The molecule has 1 aromatic rings. The van der Waals surface area contributed by atoms with Gasteiger partial charge < -0.3 is 10.1 Å². The monoisotopic (exact) mass is 330 g/mol. The van der Waals surface area contributed by atoms with Gasteiger partial charge in [0.25, 0.3) is 5.91 Å². The summed E-state index contributed by atoms with van der Waals surface area (Å²) < 4.78 is 44.3. The number of hydrogen-bond acceptors (Lipinski definition) is 4. The largest absolute Gasteiger partial charge is 0.385 e. The summed E-state index contributed by atoms with van der Waals surface area (Å²) in [5.41, 5.74) is 0.939. The van der Waals surface area contributed by atoms with Crippen LogP contribution < -0.4 is 10.0 Å². The maximum Gasteiger partial charge on any atom is 0.251 e. The van der Waals surface area contributed by atoms with Crippen molar-refractivity contribution in [1.29, 1.82) is 0 Å². The Morgan fingerprint density at radius 1 is 1.45 bits per heavy atom. The molecular weight excluding hydrogens is 311 g/mol. The van der Waals surface area contributed by atoms with E-state index in [1.54, 1.807) is 13.2 Å². The molecule has 1 atom stereocenters. The van der Waals surface area contributed by atoms with Crippen molar-refractivity contribution in [3.8, 4) is 0 Å². The summed E-state index contributed by atoms with van der Waals surface area (Å²) >= 11 is 0. The minimum atomic E-state index is -3.68. The van der Waals surface area contributed by atoms with Crippen molar-refractivity contribution in [2.24, 2.45) is 0 Å². The average Bonchev–Trinajstić information content (AvgIpc) is 2.51. The van der Waals surface area contributed by atoms with E-state index < -0.39 is 28.6 Å². The Balaban J connectivity index is 2.17. The van der Waals surface area contributed by atoms with Gasteiger partial charge in [-0.3, -0.25) is 4.79 Å². The van der Waals surface area contributed by atoms with Gasteiger partial charge in [-0.15, -0.1) is 0 Å². The van der Waals surface area contributed by atoms with E-state index in [9.17, 15) is 17.6 Å². The number of benzene rings is 1. The normalized spacial score (nSPS) is 17.9. The SMILES string of the molecule is COCCCNS(=O)(=O)c1ccc2c(c1)C(=O)NC(CF)C2. The van der Waals surface area contributed by atoms with Crippen LogP contribution in [-0.4, -0.2) is 47.3 Å². The van der Waals surface area contributed by atoms with Crippen LogP contribution in [0, 0.1) is 0 Å². The molecule has 1 aliphatic heterocycles. The molecule has 0 radical (unpaired) electrons. The van der Waals surface area contributed by atoms with Gasteiger partial charge in [0.15, 0.2) is 0 Å². The van der Waals surface area contributed by atoms with Gasteiger partial charge in [-0.2, -0.15) is 0 Å². The number of nitrogens with one attached hydrogen (secondary N) is 2. The van der Waals surface area contributed by atoms with Gasteiger partial charge in [0.1, 0.15) is 6.67 Å². The quantitative estimate of drug-likeness (QED) is 0.718. The van der Waals surface area contributed by atoms with E-state index in [-0.39, 0.29) is 17.0 Å². The highest BCUT2D eigenvalue weighted by molar-refractivity contribution is 7.89. The number of alkyl halides is 1. The topological polar surface area (TPSA) is 84.5 Å². The number of methoxy groups -OCH3 is 1. The number of hydrogen-bond donors (Lipinski definition) is 2. The van der Waals surface area contributed by atoms with E-state index in [1.165, 1.54) is 12.1 Å². The first-order valence-electron chi connectivity index (χ1n) is 6.96. The molecular formula is C14H19FN2O4S. The summed E-state index contributed by atoms with van der Waals surface area (Å²) in [7, 11) is -2.13. The summed E-state index contributed by atoms with van der Waals surface area (Å²) in [6.07, 6.45) is 0.915. The Morgan fingerprint density at radius 2 is 2.23 bits per heavy atom. The summed E-state index contributed by atoms with van der Waals surface area (Å²) in [5.74, 6) is -0.444. The smallest absolute Gasteiger partial charge is 0.251 e. The molecule has 0 aromatic heterocycles. The fourth-order valence-electron chi connectivity index (χ4n) is 2.29. The molecule has 1 unspecified atom stereocenters. The highest BCUT2D eigenvalue weighted by atomic mass is 32.2. The number of rotatable bonds is 7. The Kier molecular flexibility index (Phi) is 5.49. The molecule has 0 saturated carbocycles. The van der Waals surface area contributed by atoms with Crippen molar-refractivity contribution in [2.75, 3.05) is 26.9 Å². The number of sulfonamides is 1. The van der Waals surface area contributed by atoms with Gasteiger partial charge in [0.05, 0.1) is 10.9 Å². The molecule has 1 aromatic carbocycles. The van der Waals surface area contributed by atoms with Crippen LogP contribution in [0.3, 0.4) is 0 Å². The lowest BCUT2D eigenvalue weighted by Gasteiger charge is -2.23. The molecule has 122 valence electrons. The average molecular weight is 330 g/mol. The summed E-state index contributed by atoms with van der Waals surface area (Å²) in [6, 6.07) is 3.79.